The first-order valence-electron chi connectivity index (χ1n) is 5.47. The third-order valence-electron chi connectivity index (χ3n) is 2.42. The number of esters is 1. The van der Waals surface area contributed by atoms with Crippen molar-refractivity contribution in [2.24, 2.45) is 0 Å². The molecule has 0 aliphatic rings. The van der Waals surface area contributed by atoms with Gasteiger partial charge in [0.1, 0.15) is 0 Å². The average Bonchev–Trinajstić information content (AvgIpc) is 2.90. The first kappa shape index (κ1) is 12.5. The molecule has 0 spiro atoms. The first-order valence-corrected chi connectivity index (χ1v) is 6.35. The zero-order valence-corrected chi connectivity index (χ0v) is 10.7. The minimum atomic E-state index is -0.472. The highest BCUT2D eigenvalue weighted by atomic mass is 32.1. The van der Waals surface area contributed by atoms with Crippen molar-refractivity contribution in [2.75, 3.05) is 6.61 Å². The summed E-state index contributed by atoms with van der Waals surface area (Å²) in [5.41, 5.74) is 1.53. The summed E-state index contributed by atoms with van der Waals surface area (Å²) in [6, 6.07) is 10.5. The number of carbonyl (C=O) groups excluding carboxylic acids is 2. The van der Waals surface area contributed by atoms with Crippen LogP contribution in [0.1, 0.15) is 25.6 Å². The number of Topliss-reactive ketones (excluding diaryl/α,β-unsaturated/α-hetero) is 1. The highest BCUT2D eigenvalue weighted by Gasteiger charge is 2.11. The van der Waals surface area contributed by atoms with E-state index in [1.165, 1.54) is 11.3 Å². The number of rotatable bonds is 4. The van der Waals surface area contributed by atoms with Crippen molar-refractivity contribution < 1.29 is 14.3 Å². The quantitative estimate of drug-likeness (QED) is 0.626. The van der Waals surface area contributed by atoms with Gasteiger partial charge in [-0.3, -0.25) is 4.79 Å². The van der Waals surface area contributed by atoms with Gasteiger partial charge in [-0.25, -0.2) is 4.79 Å². The van der Waals surface area contributed by atoms with Gasteiger partial charge in [-0.1, -0.05) is 23.8 Å². The van der Waals surface area contributed by atoms with E-state index in [1.54, 1.807) is 24.3 Å². The van der Waals surface area contributed by atoms with E-state index in [2.05, 4.69) is 0 Å². The molecule has 0 fully saturated rings. The summed E-state index contributed by atoms with van der Waals surface area (Å²) in [7, 11) is 0. The summed E-state index contributed by atoms with van der Waals surface area (Å²) in [5, 5.41) is 1.81. The summed E-state index contributed by atoms with van der Waals surface area (Å²) < 4.78 is 4.97. The molecule has 1 aromatic carbocycles. The molecule has 2 aromatic rings. The minimum absolute atomic E-state index is 0.175. The lowest BCUT2D eigenvalue weighted by Gasteiger charge is -2.03. The van der Waals surface area contributed by atoms with Crippen molar-refractivity contribution in [2.45, 2.75) is 6.92 Å². The number of hydrogen-bond acceptors (Lipinski definition) is 4. The van der Waals surface area contributed by atoms with E-state index >= 15 is 0 Å². The maximum absolute atomic E-state index is 11.7. The molecule has 0 aliphatic carbocycles. The predicted molar refractivity (Wildman–Crippen MR) is 70.1 cm³/mol. The Morgan fingerprint density at radius 3 is 2.50 bits per heavy atom. The van der Waals surface area contributed by atoms with Crippen LogP contribution in [0.15, 0.2) is 41.8 Å². The molecule has 1 aromatic heterocycles. The van der Waals surface area contributed by atoms with Gasteiger partial charge in [0.25, 0.3) is 0 Å². The molecule has 0 unspecified atom stereocenters. The van der Waals surface area contributed by atoms with Crippen molar-refractivity contribution in [1.82, 2.24) is 0 Å². The van der Waals surface area contributed by atoms with Gasteiger partial charge in [0.05, 0.1) is 10.4 Å². The molecule has 0 atom stereocenters. The van der Waals surface area contributed by atoms with Gasteiger partial charge >= 0.3 is 5.97 Å². The molecule has 0 amide bonds. The fourth-order valence-corrected chi connectivity index (χ4v) is 2.06. The van der Waals surface area contributed by atoms with E-state index in [9.17, 15) is 9.59 Å². The lowest BCUT2D eigenvalue weighted by atomic mass is 10.1. The van der Waals surface area contributed by atoms with E-state index in [4.69, 9.17) is 4.74 Å². The van der Waals surface area contributed by atoms with Crippen LogP contribution in [0.2, 0.25) is 0 Å². The summed E-state index contributed by atoms with van der Waals surface area (Å²) in [4.78, 5) is 23.9. The molecular formula is C14H12O3S. The number of ketones is 1. The van der Waals surface area contributed by atoms with Crippen LogP contribution in [-0.4, -0.2) is 18.4 Å². The standard InChI is InChI=1S/C14H12O3S/c1-10-4-6-11(7-5-10)14(16)17-9-12(15)13-3-2-8-18-13/h2-8H,9H2,1H3. The maximum atomic E-state index is 11.7. The topological polar surface area (TPSA) is 43.4 Å². The Bertz CT molecular complexity index is 541. The van der Waals surface area contributed by atoms with Gasteiger partial charge in [-0.2, -0.15) is 0 Å². The monoisotopic (exact) mass is 260 g/mol. The fourth-order valence-electron chi connectivity index (χ4n) is 1.41. The Balaban J connectivity index is 1.92. The van der Waals surface area contributed by atoms with Gasteiger partial charge in [-0.15, -0.1) is 11.3 Å². The van der Waals surface area contributed by atoms with Crippen molar-refractivity contribution in [1.29, 1.82) is 0 Å². The van der Waals surface area contributed by atoms with Crippen molar-refractivity contribution in [3.8, 4) is 0 Å². The Morgan fingerprint density at radius 1 is 1.17 bits per heavy atom. The maximum Gasteiger partial charge on any atom is 0.338 e. The van der Waals surface area contributed by atoms with E-state index in [-0.39, 0.29) is 12.4 Å². The molecule has 4 heteroatoms. The van der Waals surface area contributed by atoms with Crippen molar-refractivity contribution in [3.63, 3.8) is 0 Å². The van der Waals surface area contributed by atoms with Crippen LogP contribution in [-0.2, 0) is 4.74 Å². The number of benzene rings is 1. The van der Waals surface area contributed by atoms with E-state index in [1.807, 2.05) is 24.4 Å². The molecule has 18 heavy (non-hydrogen) atoms. The van der Waals surface area contributed by atoms with Crippen LogP contribution >= 0.6 is 11.3 Å². The summed E-state index contributed by atoms with van der Waals surface area (Å²) in [6.45, 7) is 1.72. The van der Waals surface area contributed by atoms with Crippen LogP contribution in [0, 0.1) is 6.92 Å². The van der Waals surface area contributed by atoms with Crippen LogP contribution in [0.25, 0.3) is 0 Å². The second-order valence-corrected chi connectivity index (χ2v) is 4.79. The largest absolute Gasteiger partial charge is 0.454 e. The van der Waals surface area contributed by atoms with Crippen LogP contribution < -0.4 is 0 Å². The van der Waals surface area contributed by atoms with E-state index in [0.29, 0.717) is 10.4 Å². The number of ether oxygens (including phenoxy) is 1. The Hall–Kier alpha value is -1.94. The summed E-state index contributed by atoms with van der Waals surface area (Å²) in [6.07, 6.45) is 0. The average molecular weight is 260 g/mol. The SMILES string of the molecule is Cc1ccc(C(=O)OCC(=O)c2cccs2)cc1. The van der Waals surface area contributed by atoms with Gasteiger partial charge < -0.3 is 4.74 Å². The van der Waals surface area contributed by atoms with Crippen LogP contribution in [0.5, 0.6) is 0 Å². The molecule has 3 nitrogen and oxygen atoms in total. The molecule has 2 rings (SSSR count). The fraction of sp³-hybridized carbons (Fsp3) is 0.143. The van der Waals surface area contributed by atoms with E-state index < -0.39 is 5.97 Å². The lowest BCUT2D eigenvalue weighted by Crippen LogP contribution is -2.13. The van der Waals surface area contributed by atoms with Crippen molar-refractivity contribution >= 4 is 23.1 Å². The predicted octanol–water partition coefficient (Wildman–Crippen LogP) is 3.10. The lowest BCUT2D eigenvalue weighted by molar-refractivity contribution is 0.0476. The molecule has 0 saturated heterocycles. The molecule has 0 N–H and O–H groups in total. The van der Waals surface area contributed by atoms with Gasteiger partial charge in [0.2, 0.25) is 5.78 Å². The molecule has 0 saturated carbocycles. The second kappa shape index (κ2) is 5.60. The zero-order valence-electron chi connectivity index (χ0n) is 9.88. The Kier molecular flexibility index (Phi) is 3.89. The van der Waals surface area contributed by atoms with Crippen molar-refractivity contribution in [3.05, 3.63) is 57.8 Å². The molecule has 0 bridgehead atoms. The molecule has 0 aliphatic heterocycles. The van der Waals surface area contributed by atoms with Gasteiger partial charge in [0, 0.05) is 0 Å². The van der Waals surface area contributed by atoms with Gasteiger partial charge in [-0.05, 0) is 30.5 Å². The minimum Gasteiger partial charge on any atom is -0.454 e. The highest BCUT2D eigenvalue weighted by molar-refractivity contribution is 7.12. The van der Waals surface area contributed by atoms with Crippen LogP contribution in [0.3, 0.4) is 0 Å². The summed E-state index contributed by atoms with van der Waals surface area (Å²) in [5.74, 6) is -0.648. The summed E-state index contributed by atoms with van der Waals surface area (Å²) >= 11 is 1.34. The first-order chi connectivity index (χ1) is 8.66. The van der Waals surface area contributed by atoms with Gasteiger partial charge in [0.15, 0.2) is 6.61 Å². The Morgan fingerprint density at radius 2 is 1.89 bits per heavy atom. The zero-order chi connectivity index (χ0) is 13.0. The van der Waals surface area contributed by atoms with Crippen LogP contribution in [0.4, 0.5) is 0 Å². The molecule has 92 valence electrons. The number of carbonyl (C=O) groups is 2. The Labute approximate surface area is 109 Å². The number of hydrogen-bond donors (Lipinski definition) is 0. The molecule has 1 heterocycles. The number of thiophene rings is 1. The smallest absolute Gasteiger partial charge is 0.338 e. The third-order valence-corrected chi connectivity index (χ3v) is 3.33. The number of aryl methyl sites for hydroxylation is 1. The highest BCUT2D eigenvalue weighted by Crippen LogP contribution is 2.10. The second-order valence-electron chi connectivity index (χ2n) is 3.84. The van der Waals surface area contributed by atoms with E-state index in [0.717, 1.165) is 5.56 Å². The molecule has 0 radical (unpaired) electrons. The third kappa shape index (κ3) is 3.05. The normalized spacial score (nSPS) is 10.1. The molecular weight excluding hydrogens is 248 g/mol.